The summed E-state index contributed by atoms with van der Waals surface area (Å²) in [6, 6.07) is 25.5. The van der Waals surface area contributed by atoms with E-state index in [0.717, 1.165) is 16.3 Å². The van der Waals surface area contributed by atoms with Crippen molar-refractivity contribution in [3.63, 3.8) is 0 Å². The molecule has 0 heterocycles. The summed E-state index contributed by atoms with van der Waals surface area (Å²) in [6.45, 7) is 1.09. The number of anilines is 1. The number of aryl methyl sites for hydroxylation is 1. The number of sulfonamides is 1. The fourth-order valence-corrected chi connectivity index (χ4v) is 4.44. The highest BCUT2D eigenvalue weighted by molar-refractivity contribution is 7.92. The first-order valence-corrected chi connectivity index (χ1v) is 12.3. The summed E-state index contributed by atoms with van der Waals surface area (Å²) in [5.41, 5.74) is 1.54. The second kappa shape index (κ2) is 10.4. The molecule has 0 spiro atoms. The Bertz CT molecular complexity index is 1460. The lowest BCUT2D eigenvalue weighted by molar-refractivity contribution is -0.144. The van der Waals surface area contributed by atoms with Crippen LogP contribution in [0.2, 0.25) is 0 Å². The van der Waals surface area contributed by atoms with Crippen molar-refractivity contribution in [1.82, 2.24) is 0 Å². The van der Waals surface area contributed by atoms with Crippen LogP contribution in [0.5, 0.6) is 5.75 Å². The molecule has 0 fully saturated rings. The Kier molecular flexibility index (Phi) is 7.12. The number of esters is 1. The fourth-order valence-electron chi connectivity index (χ4n) is 3.38. The van der Waals surface area contributed by atoms with Crippen molar-refractivity contribution in [2.45, 2.75) is 11.8 Å². The van der Waals surface area contributed by atoms with Gasteiger partial charge in [0, 0.05) is 16.6 Å². The monoisotopic (exact) mass is 489 g/mol. The van der Waals surface area contributed by atoms with E-state index >= 15 is 0 Å². The minimum absolute atomic E-state index is 0.140. The molecular formula is C27H23NO6S. The van der Waals surface area contributed by atoms with Gasteiger partial charge in [0.15, 0.2) is 19.0 Å². The van der Waals surface area contributed by atoms with Crippen LogP contribution in [-0.4, -0.2) is 33.4 Å². The summed E-state index contributed by atoms with van der Waals surface area (Å²) in [5, 5.41) is 1.86. The average molecular weight is 490 g/mol. The van der Waals surface area contributed by atoms with Gasteiger partial charge in [-0.05, 0) is 54.8 Å². The molecular weight excluding hydrogens is 466 g/mol. The van der Waals surface area contributed by atoms with Crippen LogP contribution in [0.3, 0.4) is 0 Å². The third-order valence-electron chi connectivity index (χ3n) is 5.25. The van der Waals surface area contributed by atoms with Gasteiger partial charge in [-0.25, -0.2) is 13.2 Å². The number of ketones is 1. The van der Waals surface area contributed by atoms with Crippen molar-refractivity contribution >= 4 is 38.2 Å². The molecule has 4 aromatic carbocycles. The standard InChI is InChI=1S/C27H23NO6S/c1-19-9-15-23(16-10-19)35(31,32)28-22-13-11-21(12-14-22)25(29)17-34-27(30)18-33-26-8-4-6-20-5-2-3-7-24(20)26/h2-16,28H,17-18H2,1H3. The first-order chi connectivity index (χ1) is 16.8. The maximum Gasteiger partial charge on any atom is 0.344 e. The number of hydrogen-bond acceptors (Lipinski definition) is 6. The van der Waals surface area contributed by atoms with Crippen molar-refractivity contribution in [1.29, 1.82) is 0 Å². The van der Waals surface area contributed by atoms with Gasteiger partial charge in [0.2, 0.25) is 0 Å². The van der Waals surface area contributed by atoms with E-state index in [1.165, 1.54) is 36.4 Å². The molecule has 7 nitrogen and oxygen atoms in total. The van der Waals surface area contributed by atoms with E-state index in [0.29, 0.717) is 11.4 Å². The predicted octanol–water partition coefficient (Wildman–Crippen LogP) is 4.75. The molecule has 0 aliphatic carbocycles. The predicted molar refractivity (Wildman–Crippen MR) is 133 cm³/mol. The van der Waals surface area contributed by atoms with E-state index in [9.17, 15) is 18.0 Å². The van der Waals surface area contributed by atoms with E-state index in [4.69, 9.17) is 9.47 Å². The molecule has 4 rings (SSSR count). The molecule has 0 saturated heterocycles. The largest absolute Gasteiger partial charge is 0.481 e. The maximum atomic E-state index is 12.5. The van der Waals surface area contributed by atoms with E-state index < -0.39 is 28.4 Å². The normalized spacial score (nSPS) is 11.1. The zero-order valence-electron chi connectivity index (χ0n) is 18.9. The molecule has 0 radical (unpaired) electrons. The summed E-state index contributed by atoms with van der Waals surface area (Å²) in [4.78, 5) is 24.6. The van der Waals surface area contributed by atoms with Crippen LogP contribution in [0.1, 0.15) is 15.9 Å². The van der Waals surface area contributed by atoms with Gasteiger partial charge < -0.3 is 9.47 Å². The van der Waals surface area contributed by atoms with Crippen molar-refractivity contribution in [3.05, 3.63) is 102 Å². The quantitative estimate of drug-likeness (QED) is 0.269. The Morgan fingerprint density at radius 1 is 0.800 bits per heavy atom. The number of Topliss-reactive ketones (excluding diaryl/α,β-unsaturated/α-hetero) is 1. The summed E-state index contributed by atoms with van der Waals surface area (Å²) in [7, 11) is -3.75. The minimum Gasteiger partial charge on any atom is -0.481 e. The number of benzene rings is 4. The number of carbonyl (C=O) groups excluding carboxylic acids is 2. The van der Waals surface area contributed by atoms with Crippen LogP contribution < -0.4 is 9.46 Å². The van der Waals surface area contributed by atoms with Gasteiger partial charge in [0.25, 0.3) is 10.0 Å². The van der Waals surface area contributed by atoms with Gasteiger partial charge in [0.1, 0.15) is 5.75 Å². The van der Waals surface area contributed by atoms with Crippen LogP contribution in [0.4, 0.5) is 5.69 Å². The third-order valence-corrected chi connectivity index (χ3v) is 6.65. The number of rotatable bonds is 9. The fraction of sp³-hybridized carbons (Fsp3) is 0.111. The zero-order valence-corrected chi connectivity index (χ0v) is 19.7. The molecule has 0 aliphatic rings. The number of nitrogens with one attached hydrogen (secondary N) is 1. The van der Waals surface area contributed by atoms with Crippen LogP contribution in [0.25, 0.3) is 10.8 Å². The summed E-state index contributed by atoms with van der Waals surface area (Å²) in [5.74, 6) is -0.541. The van der Waals surface area contributed by atoms with Crippen molar-refractivity contribution < 1.29 is 27.5 Å². The summed E-state index contributed by atoms with van der Waals surface area (Å²) >= 11 is 0. The average Bonchev–Trinajstić information content (AvgIpc) is 2.86. The molecule has 35 heavy (non-hydrogen) atoms. The second-order valence-corrected chi connectivity index (χ2v) is 9.53. The molecule has 0 saturated carbocycles. The van der Waals surface area contributed by atoms with Crippen molar-refractivity contribution in [2.24, 2.45) is 0 Å². The summed E-state index contributed by atoms with van der Waals surface area (Å²) < 4.78 is 38.1. The van der Waals surface area contributed by atoms with E-state index in [2.05, 4.69) is 4.72 Å². The van der Waals surface area contributed by atoms with Crippen LogP contribution in [0, 0.1) is 6.92 Å². The number of hydrogen-bond donors (Lipinski definition) is 1. The number of carbonyl (C=O) groups is 2. The number of ether oxygens (including phenoxy) is 2. The van der Waals surface area contributed by atoms with Gasteiger partial charge in [-0.2, -0.15) is 0 Å². The molecule has 8 heteroatoms. The Balaban J connectivity index is 1.29. The Hall–Kier alpha value is -4.17. The number of fused-ring (bicyclic) bond motifs is 1. The lowest BCUT2D eigenvalue weighted by Crippen LogP contribution is -2.19. The molecule has 0 unspecified atom stereocenters. The minimum atomic E-state index is -3.75. The Labute approximate surface area is 203 Å². The molecule has 0 atom stereocenters. The van der Waals surface area contributed by atoms with E-state index in [-0.39, 0.29) is 17.1 Å². The molecule has 0 aromatic heterocycles. The highest BCUT2D eigenvalue weighted by Gasteiger charge is 2.15. The molecule has 0 amide bonds. The molecule has 0 bridgehead atoms. The van der Waals surface area contributed by atoms with E-state index in [1.54, 1.807) is 18.2 Å². The van der Waals surface area contributed by atoms with E-state index in [1.807, 2.05) is 43.3 Å². The highest BCUT2D eigenvalue weighted by atomic mass is 32.2. The highest BCUT2D eigenvalue weighted by Crippen LogP contribution is 2.25. The first-order valence-electron chi connectivity index (χ1n) is 10.8. The lowest BCUT2D eigenvalue weighted by atomic mass is 10.1. The summed E-state index contributed by atoms with van der Waals surface area (Å²) in [6.07, 6.45) is 0. The lowest BCUT2D eigenvalue weighted by Gasteiger charge is -2.10. The molecule has 0 aliphatic heterocycles. The van der Waals surface area contributed by atoms with Gasteiger partial charge in [-0.3, -0.25) is 9.52 Å². The van der Waals surface area contributed by atoms with Crippen molar-refractivity contribution in [2.75, 3.05) is 17.9 Å². The first kappa shape index (κ1) is 24.0. The van der Waals surface area contributed by atoms with Gasteiger partial charge >= 0.3 is 5.97 Å². The van der Waals surface area contributed by atoms with Crippen LogP contribution in [-0.2, 0) is 19.6 Å². The Morgan fingerprint density at radius 3 is 2.23 bits per heavy atom. The molecule has 178 valence electrons. The SMILES string of the molecule is Cc1ccc(S(=O)(=O)Nc2ccc(C(=O)COC(=O)COc3cccc4ccccc34)cc2)cc1. The zero-order chi connectivity index (χ0) is 24.8. The molecule has 4 aromatic rings. The van der Waals surface area contributed by atoms with Gasteiger partial charge in [-0.15, -0.1) is 0 Å². The molecule has 1 N–H and O–H groups in total. The van der Waals surface area contributed by atoms with Gasteiger partial charge in [-0.1, -0.05) is 54.1 Å². The Morgan fingerprint density at radius 2 is 1.49 bits per heavy atom. The second-order valence-electron chi connectivity index (χ2n) is 7.85. The third kappa shape index (κ3) is 6.04. The topological polar surface area (TPSA) is 98.8 Å². The smallest absolute Gasteiger partial charge is 0.344 e. The van der Waals surface area contributed by atoms with Gasteiger partial charge in [0.05, 0.1) is 4.90 Å². The maximum absolute atomic E-state index is 12.5. The van der Waals surface area contributed by atoms with Crippen LogP contribution >= 0.6 is 0 Å². The van der Waals surface area contributed by atoms with Crippen LogP contribution in [0.15, 0.2) is 95.9 Å². The van der Waals surface area contributed by atoms with Crippen molar-refractivity contribution in [3.8, 4) is 5.75 Å².